The van der Waals surface area contributed by atoms with E-state index in [1.165, 1.54) is 22.3 Å². The topological polar surface area (TPSA) is 0 Å². The summed E-state index contributed by atoms with van der Waals surface area (Å²) in [6.07, 6.45) is 0. The van der Waals surface area contributed by atoms with Crippen LogP contribution in [-0.2, 0) is 24.2 Å². The Bertz CT molecular complexity index is 1130. The highest BCUT2D eigenvalue weighted by Crippen LogP contribution is 2.12. The average Bonchev–Trinajstić information content (AvgIpc) is 2.95. The van der Waals surface area contributed by atoms with Gasteiger partial charge in [0.2, 0.25) is 0 Å². The molecule has 0 saturated heterocycles. The van der Waals surface area contributed by atoms with Gasteiger partial charge in [-0.1, -0.05) is 178 Å². The van der Waals surface area contributed by atoms with Gasteiger partial charge < -0.3 is 0 Å². The monoisotopic (exact) mass is 496 g/mol. The minimum Gasteiger partial charge on any atom is -0.0634 e. The van der Waals surface area contributed by atoms with Gasteiger partial charge in [0.1, 0.15) is 0 Å². The van der Waals surface area contributed by atoms with Gasteiger partial charge in [0.25, 0.3) is 0 Å². The lowest BCUT2D eigenvalue weighted by molar-refractivity contribution is 1.27. The van der Waals surface area contributed by atoms with Crippen LogP contribution >= 0.6 is 0 Å². The summed E-state index contributed by atoms with van der Waals surface area (Å²) < 4.78 is 0. The fourth-order valence-electron chi connectivity index (χ4n) is 4.97. The molecule has 2 radical (unpaired) electrons. The molecule has 0 saturated carbocycles. The van der Waals surface area contributed by atoms with E-state index in [0.717, 1.165) is 24.2 Å². The van der Waals surface area contributed by atoms with E-state index in [4.69, 9.17) is 0 Å². The van der Waals surface area contributed by atoms with Crippen LogP contribution < -0.4 is 10.4 Å². The van der Waals surface area contributed by atoms with Crippen LogP contribution in [0.25, 0.3) is 0 Å². The fraction of sp³-hybridized carbons (Fsp3) is 0.118. The van der Waals surface area contributed by atoms with Crippen molar-refractivity contribution in [2.75, 3.05) is 0 Å². The van der Waals surface area contributed by atoms with Gasteiger partial charge >= 0.3 is 0 Å². The number of hydrogen-bond donors (Lipinski definition) is 0. The highest BCUT2D eigenvalue weighted by molar-refractivity contribution is 6.83. The van der Waals surface area contributed by atoms with Crippen molar-refractivity contribution in [1.82, 2.24) is 0 Å². The lowest BCUT2D eigenvalue weighted by Gasteiger charge is -2.24. The van der Waals surface area contributed by atoms with E-state index < -0.39 is 17.6 Å². The molecule has 0 amide bonds. The predicted octanol–water partition coefficient (Wildman–Crippen LogP) is 6.22. The van der Waals surface area contributed by atoms with E-state index >= 15 is 0 Å². The molecular formula is C34H32Si2. The highest BCUT2D eigenvalue weighted by Gasteiger charge is 2.24. The SMILES string of the molecule is c1ccc(C[Si](Cc2ccccc2)c2ccccc2[Si](Cc2ccccc2)Cc2ccccc2)cc1. The minimum atomic E-state index is -0.858. The third-order valence-electron chi connectivity index (χ3n) is 6.73. The van der Waals surface area contributed by atoms with E-state index in [1.54, 1.807) is 10.4 Å². The Kier molecular flexibility index (Phi) is 8.40. The summed E-state index contributed by atoms with van der Waals surface area (Å²) in [7, 11) is -1.72. The van der Waals surface area contributed by atoms with Crippen LogP contribution in [0, 0.1) is 0 Å². The lowest BCUT2D eigenvalue weighted by Crippen LogP contribution is -2.52. The van der Waals surface area contributed by atoms with Gasteiger partial charge in [-0.2, -0.15) is 0 Å². The molecule has 0 spiro atoms. The predicted molar refractivity (Wildman–Crippen MR) is 158 cm³/mol. The van der Waals surface area contributed by atoms with Crippen LogP contribution in [0.2, 0.25) is 0 Å². The van der Waals surface area contributed by atoms with E-state index in [1.807, 2.05) is 0 Å². The molecule has 0 unspecified atom stereocenters. The first-order valence-electron chi connectivity index (χ1n) is 12.8. The molecule has 0 bridgehead atoms. The second-order valence-electron chi connectivity index (χ2n) is 9.40. The molecule has 36 heavy (non-hydrogen) atoms. The largest absolute Gasteiger partial charge is 0.0945 e. The molecule has 0 aliphatic heterocycles. The summed E-state index contributed by atoms with van der Waals surface area (Å²) in [6, 6.07) is 58.5. The second-order valence-corrected chi connectivity index (χ2v) is 14.3. The molecule has 0 fully saturated rings. The first-order valence-corrected chi connectivity index (χ1v) is 16.6. The van der Waals surface area contributed by atoms with Gasteiger partial charge in [-0.25, -0.2) is 0 Å². The van der Waals surface area contributed by atoms with Crippen LogP contribution in [0.5, 0.6) is 0 Å². The molecule has 5 rings (SSSR count). The molecule has 176 valence electrons. The molecule has 0 aliphatic carbocycles. The van der Waals surface area contributed by atoms with E-state index in [0.29, 0.717) is 0 Å². The Morgan fingerprint density at radius 1 is 0.278 bits per heavy atom. The summed E-state index contributed by atoms with van der Waals surface area (Å²) in [5.74, 6) is 0. The Hall–Kier alpha value is -3.47. The first kappa shape index (κ1) is 24.2. The molecule has 5 aromatic carbocycles. The fourth-order valence-corrected chi connectivity index (χ4v) is 11.6. The van der Waals surface area contributed by atoms with Gasteiger partial charge in [0, 0.05) is 0 Å². The zero-order valence-electron chi connectivity index (χ0n) is 20.7. The molecule has 0 heterocycles. The third kappa shape index (κ3) is 6.60. The minimum absolute atomic E-state index is 0.858. The standard InChI is InChI=1S/C34H32Si2/c1-5-15-29(16-6-1)25-35(26-30-17-7-2-8-18-30)33-23-13-14-24-34(33)36(27-31-19-9-3-10-20-31)28-32-21-11-4-12-22-32/h1-24H,25-28H2. The quantitative estimate of drug-likeness (QED) is 0.201. The lowest BCUT2D eigenvalue weighted by atomic mass is 10.2. The van der Waals surface area contributed by atoms with E-state index in [9.17, 15) is 0 Å². The van der Waals surface area contributed by atoms with Crippen molar-refractivity contribution >= 4 is 28.0 Å². The second kappa shape index (κ2) is 12.5. The maximum absolute atomic E-state index is 2.45. The maximum Gasteiger partial charge on any atom is 0.0945 e. The van der Waals surface area contributed by atoms with Crippen LogP contribution in [0.4, 0.5) is 0 Å². The van der Waals surface area contributed by atoms with Crippen molar-refractivity contribution in [3.8, 4) is 0 Å². The normalized spacial score (nSPS) is 11.2. The Labute approximate surface area is 219 Å². The molecule has 5 aromatic rings. The number of rotatable bonds is 10. The van der Waals surface area contributed by atoms with Crippen LogP contribution in [-0.4, -0.2) is 17.6 Å². The van der Waals surface area contributed by atoms with Gasteiger partial charge in [0.05, 0.1) is 17.6 Å². The highest BCUT2D eigenvalue weighted by atomic mass is 28.3. The summed E-state index contributed by atoms with van der Waals surface area (Å²) in [6.45, 7) is 0. The summed E-state index contributed by atoms with van der Waals surface area (Å²) in [5, 5.41) is 3.27. The Morgan fingerprint density at radius 2 is 0.500 bits per heavy atom. The van der Waals surface area contributed by atoms with Gasteiger partial charge in [-0.15, -0.1) is 0 Å². The van der Waals surface area contributed by atoms with E-state index in [2.05, 4.69) is 146 Å². The van der Waals surface area contributed by atoms with Crippen molar-refractivity contribution in [2.45, 2.75) is 24.2 Å². The molecule has 0 atom stereocenters. The Balaban J connectivity index is 1.54. The van der Waals surface area contributed by atoms with Crippen molar-refractivity contribution in [3.05, 3.63) is 168 Å². The molecule has 0 N–H and O–H groups in total. The zero-order valence-corrected chi connectivity index (χ0v) is 22.7. The summed E-state index contributed by atoms with van der Waals surface area (Å²) in [4.78, 5) is 0. The Morgan fingerprint density at radius 3 is 0.750 bits per heavy atom. The first-order chi connectivity index (χ1) is 17.8. The smallest absolute Gasteiger partial charge is 0.0634 e. The summed E-state index contributed by atoms with van der Waals surface area (Å²) >= 11 is 0. The van der Waals surface area contributed by atoms with Crippen molar-refractivity contribution in [1.29, 1.82) is 0 Å². The average molecular weight is 497 g/mol. The van der Waals surface area contributed by atoms with Gasteiger partial charge in [-0.05, 0) is 24.2 Å². The van der Waals surface area contributed by atoms with Crippen molar-refractivity contribution in [2.24, 2.45) is 0 Å². The van der Waals surface area contributed by atoms with Crippen LogP contribution in [0.1, 0.15) is 22.3 Å². The maximum atomic E-state index is 2.45. The van der Waals surface area contributed by atoms with Crippen molar-refractivity contribution in [3.63, 3.8) is 0 Å². The van der Waals surface area contributed by atoms with Gasteiger partial charge in [0.15, 0.2) is 0 Å². The molecule has 0 nitrogen and oxygen atoms in total. The van der Waals surface area contributed by atoms with Crippen LogP contribution in [0.3, 0.4) is 0 Å². The third-order valence-corrected chi connectivity index (χ3v) is 12.7. The van der Waals surface area contributed by atoms with Crippen LogP contribution in [0.15, 0.2) is 146 Å². The molecule has 0 aromatic heterocycles. The number of hydrogen-bond acceptors (Lipinski definition) is 0. The molecular weight excluding hydrogens is 465 g/mol. The summed E-state index contributed by atoms with van der Waals surface area (Å²) in [5.41, 5.74) is 5.82. The number of benzene rings is 5. The van der Waals surface area contributed by atoms with Crippen molar-refractivity contribution < 1.29 is 0 Å². The molecule has 2 heteroatoms. The zero-order chi connectivity index (χ0) is 24.4. The van der Waals surface area contributed by atoms with E-state index in [-0.39, 0.29) is 0 Å². The van der Waals surface area contributed by atoms with Gasteiger partial charge in [-0.3, -0.25) is 0 Å². The molecule has 0 aliphatic rings.